The Bertz CT molecular complexity index is 486. The lowest BCUT2D eigenvalue weighted by Crippen LogP contribution is -2.41. The van der Waals surface area contributed by atoms with E-state index in [0.29, 0.717) is 25.1 Å². The van der Waals surface area contributed by atoms with Gasteiger partial charge in [-0.25, -0.2) is 4.98 Å². The Labute approximate surface area is 120 Å². The second-order valence-electron chi connectivity index (χ2n) is 5.43. The summed E-state index contributed by atoms with van der Waals surface area (Å²) in [5, 5.41) is 9.06. The number of aryl methyl sites for hydroxylation is 1. The maximum Gasteiger partial charge on any atom is 0.391 e. The van der Waals surface area contributed by atoms with Crippen LogP contribution in [0.5, 0.6) is 0 Å². The first kappa shape index (κ1) is 15.8. The van der Waals surface area contributed by atoms with E-state index in [1.165, 1.54) is 0 Å². The molecule has 1 aliphatic rings. The summed E-state index contributed by atoms with van der Waals surface area (Å²) in [7, 11) is 0. The van der Waals surface area contributed by atoms with Crippen LogP contribution in [0.1, 0.15) is 55.5 Å². The average molecular weight is 304 g/mol. The van der Waals surface area contributed by atoms with Gasteiger partial charge in [-0.3, -0.25) is 9.89 Å². The monoisotopic (exact) mass is 304 g/mol. The number of nitrogens with zero attached hydrogens (tertiary/aromatic N) is 2. The fourth-order valence-corrected chi connectivity index (χ4v) is 2.61. The molecular formula is C13H19F3N4O. The summed E-state index contributed by atoms with van der Waals surface area (Å²) in [6.07, 6.45) is -1.55. The lowest BCUT2D eigenvalue weighted by molar-refractivity contribution is -0.183. The van der Waals surface area contributed by atoms with Crippen molar-refractivity contribution in [1.82, 2.24) is 20.5 Å². The molecule has 0 aromatic carbocycles. The number of amides is 1. The Hall–Kier alpha value is -1.60. The van der Waals surface area contributed by atoms with E-state index in [1.807, 2.05) is 6.92 Å². The second kappa shape index (κ2) is 6.44. The fourth-order valence-electron chi connectivity index (χ4n) is 2.61. The van der Waals surface area contributed by atoms with Gasteiger partial charge in [-0.1, -0.05) is 13.3 Å². The van der Waals surface area contributed by atoms with Crippen molar-refractivity contribution in [2.45, 2.75) is 57.7 Å². The molecule has 2 rings (SSSR count). The van der Waals surface area contributed by atoms with E-state index in [1.54, 1.807) is 0 Å². The second-order valence-corrected chi connectivity index (χ2v) is 5.43. The quantitative estimate of drug-likeness (QED) is 0.898. The molecule has 1 heterocycles. The molecule has 1 aromatic rings. The molecule has 0 aliphatic heterocycles. The molecule has 118 valence electrons. The first-order valence-corrected chi connectivity index (χ1v) is 7.19. The van der Waals surface area contributed by atoms with Crippen LogP contribution >= 0.6 is 0 Å². The molecule has 1 saturated carbocycles. The summed E-state index contributed by atoms with van der Waals surface area (Å²) in [4.78, 5) is 16.0. The number of alkyl halides is 3. The molecule has 1 amide bonds. The number of halogens is 3. The van der Waals surface area contributed by atoms with Crippen LogP contribution in [0.15, 0.2) is 0 Å². The highest BCUT2D eigenvalue weighted by atomic mass is 19.4. The standard InChI is InChI=1S/C13H19F3N4O/c1-2-4-10-18-11(20-19-10)12(21)17-9-6-3-5-8(7-9)13(14,15)16/h8-9H,2-7H2,1H3,(H,17,21)(H,18,19,20). The zero-order chi connectivity index (χ0) is 15.5. The number of rotatable bonds is 4. The van der Waals surface area contributed by atoms with Gasteiger partial charge in [0.05, 0.1) is 5.92 Å². The van der Waals surface area contributed by atoms with Crippen LogP contribution in [0, 0.1) is 5.92 Å². The molecule has 5 nitrogen and oxygen atoms in total. The molecule has 0 radical (unpaired) electrons. The van der Waals surface area contributed by atoms with Crippen molar-refractivity contribution in [3.63, 3.8) is 0 Å². The van der Waals surface area contributed by atoms with E-state index in [2.05, 4.69) is 20.5 Å². The summed E-state index contributed by atoms with van der Waals surface area (Å²) in [6.45, 7) is 1.97. The van der Waals surface area contributed by atoms with Crippen molar-refractivity contribution in [1.29, 1.82) is 0 Å². The highest BCUT2D eigenvalue weighted by Gasteiger charge is 2.42. The molecule has 8 heteroatoms. The van der Waals surface area contributed by atoms with E-state index in [9.17, 15) is 18.0 Å². The average Bonchev–Trinajstić information content (AvgIpc) is 2.87. The van der Waals surface area contributed by atoms with Gasteiger partial charge < -0.3 is 5.32 Å². The smallest absolute Gasteiger partial charge is 0.347 e. The molecule has 2 atom stereocenters. The number of carbonyl (C=O) groups excluding carboxylic acids is 1. The molecule has 0 spiro atoms. The molecular weight excluding hydrogens is 285 g/mol. The predicted molar refractivity (Wildman–Crippen MR) is 69.6 cm³/mol. The molecule has 1 fully saturated rings. The van der Waals surface area contributed by atoms with Crippen LogP contribution < -0.4 is 5.32 Å². The third-order valence-electron chi connectivity index (χ3n) is 3.69. The number of aromatic amines is 1. The molecule has 0 bridgehead atoms. The summed E-state index contributed by atoms with van der Waals surface area (Å²) in [5.41, 5.74) is 0. The molecule has 2 unspecified atom stereocenters. The van der Waals surface area contributed by atoms with Gasteiger partial charge >= 0.3 is 6.18 Å². The highest BCUT2D eigenvalue weighted by Crippen LogP contribution is 2.37. The van der Waals surface area contributed by atoms with Gasteiger partial charge in [-0.05, 0) is 25.7 Å². The number of hydrogen-bond acceptors (Lipinski definition) is 3. The van der Waals surface area contributed by atoms with Crippen LogP contribution in [-0.4, -0.2) is 33.3 Å². The normalized spacial score (nSPS) is 23.0. The topological polar surface area (TPSA) is 70.7 Å². The van der Waals surface area contributed by atoms with Crippen LogP contribution in [0.2, 0.25) is 0 Å². The number of nitrogens with one attached hydrogen (secondary N) is 2. The van der Waals surface area contributed by atoms with Crippen molar-refractivity contribution in [2.75, 3.05) is 0 Å². The van der Waals surface area contributed by atoms with Crippen LogP contribution in [0.25, 0.3) is 0 Å². The lowest BCUT2D eigenvalue weighted by atomic mass is 9.85. The van der Waals surface area contributed by atoms with Crippen molar-refractivity contribution >= 4 is 5.91 Å². The van der Waals surface area contributed by atoms with E-state index >= 15 is 0 Å². The lowest BCUT2D eigenvalue weighted by Gasteiger charge is -2.30. The number of carbonyl (C=O) groups is 1. The summed E-state index contributed by atoms with van der Waals surface area (Å²) in [6, 6.07) is -0.467. The predicted octanol–water partition coefficient (Wildman–Crippen LogP) is 2.61. The Morgan fingerprint density at radius 3 is 2.86 bits per heavy atom. The third kappa shape index (κ3) is 4.18. The first-order chi connectivity index (χ1) is 9.90. The summed E-state index contributed by atoms with van der Waals surface area (Å²) < 4.78 is 38.2. The minimum Gasteiger partial charge on any atom is -0.347 e. The van der Waals surface area contributed by atoms with Crippen molar-refractivity contribution in [2.24, 2.45) is 5.92 Å². The molecule has 1 aromatic heterocycles. The highest BCUT2D eigenvalue weighted by molar-refractivity contribution is 5.90. The van der Waals surface area contributed by atoms with E-state index < -0.39 is 24.0 Å². The van der Waals surface area contributed by atoms with Crippen molar-refractivity contribution in [3.8, 4) is 0 Å². The first-order valence-electron chi connectivity index (χ1n) is 7.19. The van der Waals surface area contributed by atoms with Gasteiger partial charge in [0.15, 0.2) is 0 Å². The Kier molecular flexibility index (Phi) is 4.84. The van der Waals surface area contributed by atoms with Crippen LogP contribution in [0.4, 0.5) is 13.2 Å². The minimum atomic E-state index is -4.19. The van der Waals surface area contributed by atoms with Gasteiger partial charge in [0.2, 0.25) is 5.82 Å². The van der Waals surface area contributed by atoms with E-state index in [-0.39, 0.29) is 18.7 Å². The van der Waals surface area contributed by atoms with Crippen molar-refractivity contribution < 1.29 is 18.0 Å². The van der Waals surface area contributed by atoms with Gasteiger partial charge in [0.25, 0.3) is 5.91 Å². The Morgan fingerprint density at radius 1 is 1.43 bits per heavy atom. The summed E-state index contributed by atoms with van der Waals surface area (Å²) >= 11 is 0. The maximum atomic E-state index is 12.7. The van der Waals surface area contributed by atoms with Gasteiger partial charge in [-0.15, -0.1) is 5.10 Å². The SMILES string of the molecule is CCCc1nc(C(=O)NC2CCCC(C(F)(F)F)C2)n[nH]1. The summed E-state index contributed by atoms with van der Waals surface area (Å²) in [5.74, 6) is -1.24. The van der Waals surface area contributed by atoms with Crippen LogP contribution in [-0.2, 0) is 6.42 Å². The maximum absolute atomic E-state index is 12.7. The molecule has 0 saturated heterocycles. The Morgan fingerprint density at radius 2 is 2.19 bits per heavy atom. The van der Waals surface area contributed by atoms with Crippen molar-refractivity contribution in [3.05, 3.63) is 11.6 Å². The zero-order valence-electron chi connectivity index (χ0n) is 11.8. The van der Waals surface area contributed by atoms with Gasteiger partial charge in [-0.2, -0.15) is 13.2 Å². The molecule has 1 aliphatic carbocycles. The largest absolute Gasteiger partial charge is 0.391 e. The fraction of sp³-hybridized carbons (Fsp3) is 0.769. The third-order valence-corrected chi connectivity index (χ3v) is 3.69. The van der Waals surface area contributed by atoms with Gasteiger partial charge in [0, 0.05) is 12.5 Å². The van der Waals surface area contributed by atoms with E-state index in [4.69, 9.17) is 0 Å². The van der Waals surface area contributed by atoms with Gasteiger partial charge in [0.1, 0.15) is 5.82 Å². The molecule has 2 N–H and O–H groups in total. The minimum absolute atomic E-state index is 0.00687. The Balaban J connectivity index is 1.92. The van der Waals surface area contributed by atoms with E-state index in [0.717, 1.165) is 6.42 Å². The molecule has 21 heavy (non-hydrogen) atoms. The van der Waals surface area contributed by atoms with Crippen LogP contribution in [0.3, 0.4) is 0 Å². The number of aromatic nitrogens is 3. The number of H-pyrrole nitrogens is 1. The zero-order valence-corrected chi connectivity index (χ0v) is 11.8. The number of hydrogen-bond donors (Lipinski definition) is 2.